The van der Waals surface area contributed by atoms with Gasteiger partial charge in [-0.2, -0.15) is 5.10 Å². The third kappa shape index (κ3) is 3.90. The fourth-order valence-corrected chi connectivity index (χ4v) is 2.81. The Balaban J connectivity index is 1.75. The number of carboxylic acid groups (broad SMARTS) is 1. The van der Waals surface area contributed by atoms with Crippen LogP contribution in [-0.4, -0.2) is 49.0 Å². The topological polar surface area (TPSA) is 144 Å². The minimum atomic E-state index is -2.81. The zero-order valence-corrected chi connectivity index (χ0v) is 15.8. The molecule has 3 N–H and O–H groups in total. The second-order valence-electron chi connectivity index (χ2n) is 6.71. The summed E-state index contributed by atoms with van der Waals surface area (Å²) in [5, 5.41) is 26.6. The number of para-hydroxylation sites is 1. The smallest absolute Gasteiger partial charge is 0.358 e. The number of aromatic carboxylic acids is 1. The van der Waals surface area contributed by atoms with Gasteiger partial charge in [-0.05, 0) is 25.0 Å². The van der Waals surface area contributed by atoms with Gasteiger partial charge < -0.3 is 20.5 Å². The SMILES string of the molecule is [2H]C([2H])([2H])Oc1c(Nc2cc(NC(=O)C3CC3)nnc2C(=O)O)cccc1-c1ncn(C)n1. The number of rotatable bonds is 7. The van der Waals surface area contributed by atoms with Crippen LogP contribution >= 0.6 is 0 Å². The number of aryl methyl sites for hydroxylation is 1. The van der Waals surface area contributed by atoms with E-state index < -0.39 is 18.7 Å². The number of benzene rings is 1. The van der Waals surface area contributed by atoms with E-state index >= 15 is 0 Å². The molecule has 1 amide bonds. The minimum Gasteiger partial charge on any atom is -0.494 e. The number of carbonyl (C=O) groups is 2. The highest BCUT2D eigenvalue weighted by Gasteiger charge is 2.30. The summed E-state index contributed by atoms with van der Waals surface area (Å²) < 4.78 is 29.3. The maximum Gasteiger partial charge on any atom is 0.358 e. The van der Waals surface area contributed by atoms with E-state index in [1.54, 1.807) is 19.2 Å². The maximum atomic E-state index is 12.1. The van der Waals surface area contributed by atoms with Crippen molar-refractivity contribution >= 4 is 29.1 Å². The Morgan fingerprint density at radius 2 is 2.13 bits per heavy atom. The van der Waals surface area contributed by atoms with Crippen molar-refractivity contribution in [1.29, 1.82) is 0 Å². The van der Waals surface area contributed by atoms with Gasteiger partial charge in [0.05, 0.1) is 28.1 Å². The molecule has 0 aliphatic heterocycles. The highest BCUT2D eigenvalue weighted by molar-refractivity contribution is 5.96. The van der Waals surface area contributed by atoms with Crippen LogP contribution in [0.1, 0.15) is 27.4 Å². The van der Waals surface area contributed by atoms with Crippen LogP contribution < -0.4 is 15.4 Å². The van der Waals surface area contributed by atoms with E-state index in [1.807, 2.05) is 0 Å². The van der Waals surface area contributed by atoms with Crippen molar-refractivity contribution in [3.8, 4) is 17.1 Å². The Morgan fingerprint density at radius 3 is 2.80 bits per heavy atom. The van der Waals surface area contributed by atoms with Gasteiger partial charge in [-0.1, -0.05) is 6.07 Å². The monoisotopic (exact) mass is 412 g/mol. The number of nitrogens with zero attached hydrogens (tertiary/aromatic N) is 5. The number of amides is 1. The molecule has 0 unspecified atom stereocenters. The minimum absolute atomic E-state index is 0.0230. The summed E-state index contributed by atoms with van der Waals surface area (Å²) in [5.74, 6) is -1.53. The van der Waals surface area contributed by atoms with Crippen LogP contribution in [0.2, 0.25) is 0 Å². The highest BCUT2D eigenvalue weighted by Crippen LogP contribution is 2.37. The number of aromatic nitrogens is 5. The molecule has 2 aromatic heterocycles. The van der Waals surface area contributed by atoms with Crippen LogP contribution in [0.3, 0.4) is 0 Å². The lowest BCUT2D eigenvalue weighted by Crippen LogP contribution is -2.16. The predicted octanol–water partition coefficient (Wildman–Crippen LogP) is 2.07. The molecule has 0 spiro atoms. The van der Waals surface area contributed by atoms with Crippen molar-refractivity contribution < 1.29 is 23.5 Å². The molecular formula is C19H19N7O4. The molecule has 0 bridgehead atoms. The summed E-state index contributed by atoms with van der Waals surface area (Å²) in [7, 11) is -1.15. The van der Waals surface area contributed by atoms with E-state index in [2.05, 4.69) is 30.9 Å². The Morgan fingerprint density at radius 1 is 1.30 bits per heavy atom. The number of carbonyl (C=O) groups excluding carboxylic acids is 1. The fraction of sp³-hybridized carbons (Fsp3) is 0.263. The van der Waals surface area contributed by atoms with Crippen molar-refractivity contribution in [3.05, 3.63) is 36.3 Å². The molecule has 154 valence electrons. The lowest BCUT2D eigenvalue weighted by atomic mass is 10.1. The molecule has 11 nitrogen and oxygen atoms in total. The second-order valence-corrected chi connectivity index (χ2v) is 6.71. The molecule has 1 aliphatic carbocycles. The number of methoxy groups -OCH3 is 1. The van der Waals surface area contributed by atoms with Gasteiger partial charge in [0.2, 0.25) is 5.91 Å². The molecule has 4 rings (SSSR count). The van der Waals surface area contributed by atoms with Gasteiger partial charge in [-0.25, -0.2) is 9.78 Å². The number of anilines is 3. The predicted molar refractivity (Wildman–Crippen MR) is 107 cm³/mol. The first-order valence-corrected chi connectivity index (χ1v) is 8.97. The Bertz CT molecular complexity index is 1220. The second kappa shape index (κ2) is 7.78. The van der Waals surface area contributed by atoms with Crippen molar-refractivity contribution in [2.24, 2.45) is 13.0 Å². The largest absolute Gasteiger partial charge is 0.494 e. The molecule has 11 heteroatoms. The van der Waals surface area contributed by atoms with Crippen LogP contribution in [0.5, 0.6) is 5.75 Å². The van der Waals surface area contributed by atoms with Crippen molar-refractivity contribution in [2.75, 3.05) is 17.7 Å². The molecule has 0 atom stereocenters. The van der Waals surface area contributed by atoms with Crippen LogP contribution in [0.4, 0.5) is 17.2 Å². The number of nitrogens with one attached hydrogen (secondary N) is 2. The highest BCUT2D eigenvalue weighted by atomic mass is 16.5. The number of ether oxygens (including phenoxy) is 1. The average Bonchev–Trinajstić information content (AvgIpc) is 3.49. The summed E-state index contributed by atoms with van der Waals surface area (Å²) in [6.07, 6.45) is 3.00. The Labute approximate surface area is 175 Å². The van der Waals surface area contributed by atoms with Crippen LogP contribution in [0, 0.1) is 5.92 Å². The van der Waals surface area contributed by atoms with Gasteiger partial charge in [0.1, 0.15) is 6.33 Å². The average molecular weight is 412 g/mol. The Hall–Kier alpha value is -4.02. The van der Waals surface area contributed by atoms with Crippen LogP contribution in [-0.2, 0) is 11.8 Å². The standard InChI is InChI=1S/C19H19N7O4/c1-26-9-20-17(25-26)11-4-3-5-12(16(11)30-2)21-13-8-14(22-18(27)10-6-7-10)23-24-15(13)19(28)29/h3-5,8-10H,6-7H2,1-2H3,(H,28,29)(H2,21,22,23,27)/i2D3. The summed E-state index contributed by atoms with van der Waals surface area (Å²) in [5.41, 5.74) is -0.0466. The van der Waals surface area contributed by atoms with E-state index in [1.165, 1.54) is 23.1 Å². The zero-order chi connectivity index (χ0) is 23.8. The summed E-state index contributed by atoms with van der Waals surface area (Å²) >= 11 is 0. The van der Waals surface area contributed by atoms with Gasteiger partial charge in [-0.3, -0.25) is 9.48 Å². The molecule has 0 radical (unpaired) electrons. The van der Waals surface area contributed by atoms with Gasteiger partial charge in [-0.15, -0.1) is 10.2 Å². The first-order valence-electron chi connectivity index (χ1n) is 10.5. The molecule has 1 aromatic carbocycles. The molecule has 1 aliphatic rings. The van der Waals surface area contributed by atoms with Crippen molar-refractivity contribution in [1.82, 2.24) is 25.0 Å². The van der Waals surface area contributed by atoms with E-state index in [-0.39, 0.29) is 46.2 Å². The first kappa shape index (κ1) is 15.9. The van der Waals surface area contributed by atoms with E-state index in [0.717, 1.165) is 12.8 Å². The molecule has 0 saturated heterocycles. The van der Waals surface area contributed by atoms with Crippen LogP contribution in [0.15, 0.2) is 30.6 Å². The molecule has 30 heavy (non-hydrogen) atoms. The van der Waals surface area contributed by atoms with E-state index in [0.29, 0.717) is 0 Å². The molecule has 1 saturated carbocycles. The number of hydrogen-bond acceptors (Lipinski definition) is 8. The number of hydrogen-bond donors (Lipinski definition) is 3. The van der Waals surface area contributed by atoms with Gasteiger partial charge >= 0.3 is 5.97 Å². The quantitative estimate of drug-likeness (QED) is 0.531. The summed E-state index contributed by atoms with van der Waals surface area (Å²) in [4.78, 5) is 27.9. The van der Waals surface area contributed by atoms with E-state index in [4.69, 9.17) is 8.85 Å². The van der Waals surface area contributed by atoms with Gasteiger partial charge in [0.25, 0.3) is 0 Å². The molecule has 3 aromatic rings. The van der Waals surface area contributed by atoms with Gasteiger partial charge in [0, 0.05) is 19.0 Å². The summed E-state index contributed by atoms with van der Waals surface area (Å²) in [6.45, 7) is 0. The third-order valence-electron chi connectivity index (χ3n) is 4.42. The van der Waals surface area contributed by atoms with Gasteiger partial charge in [0.15, 0.2) is 23.1 Å². The molecule has 1 fully saturated rings. The molecule has 2 heterocycles. The fourth-order valence-electron chi connectivity index (χ4n) is 2.81. The Kier molecular flexibility index (Phi) is 4.11. The maximum absolute atomic E-state index is 12.1. The molecular weight excluding hydrogens is 390 g/mol. The lowest BCUT2D eigenvalue weighted by molar-refractivity contribution is -0.117. The first-order chi connectivity index (χ1) is 15.6. The lowest BCUT2D eigenvalue weighted by Gasteiger charge is -2.15. The normalized spacial score (nSPS) is 14.9. The third-order valence-corrected chi connectivity index (χ3v) is 4.42. The number of carboxylic acids is 1. The summed E-state index contributed by atoms with van der Waals surface area (Å²) in [6, 6.07) is 5.99. The zero-order valence-electron chi connectivity index (χ0n) is 18.8. The van der Waals surface area contributed by atoms with Crippen molar-refractivity contribution in [2.45, 2.75) is 12.8 Å². The van der Waals surface area contributed by atoms with Crippen molar-refractivity contribution in [3.63, 3.8) is 0 Å². The van der Waals surface area contributed by atoms with Crippen LogP contribution in [0.25, 0.3) is 11.4 Å². The van der Waals surface area contributed by atoms with E-state index in [9.17, 15) is 14.7 Å².